The van der Waals surface area contributed by atoms with Crippen molar-refractivity contribution in [2.24, 2.45) is 13.0 Å². The molecule has 1 aliphatic rings. The molecule has 0 saturated carbocycles. The van der Waals surface area contributed by atoms with E-state index in [9.17, 15) is 0 Å². The van der Waals surface area contributed by atoms with E-state index in [1.165, 1.54) is 12.8 Å². The van der Waals surface area contributed by atoms with Gasteiger partial charge in [0.2, 0.25) is 0 Å². The van der Waals surface area contributed by atoms with Crippen LogP contribution in [-0.4, -0.2) is 22.9 Å². The summed E-state index contributed by atoms with van der Waals surface area (Å²) in [6.07, 6.45) is 4.18. The fourth-order valence-corrected chi connectivity index (χ4v) is 2.01. The van der Waals surface area contributed by atoms with E-state index >= 15 is 0 Å². The smallest absolute Gasteiger partial charge is 0.168 e. The molecule has 0 atom stereocenters. The lowest BCUT2D eigenvalue weighted by Gasteiger charge is -2.30. The van der Waals surface area contributed by atoms with Crippen molar-refractivity contribution in [2.75, 3.05) is 18.0 Å². The summed E-state index contributed by atoms with van der Waals surface area (Å²) in [5.74, 6) is 1.65. The van der Waals surface area contributed by atoms with Crippen LogP contribution in [0.1, 0.15) is 25.3 Å². The van der Waals surface area contributed by atoms with Gasteiger partial charge >= 0.3 is 0 Å². The highest BCUT2D eigenvalue weighted by atomic mass is 15.3. The van der Waals surface area contributed by atoms with E-state index in [1.807, 2.05) is 7.05 Å². The minimum absolute atomic E-state index is 0.687. The molecule has 4 nitrogen and oxygen atoms in total. The van der Waals surface area contributed by atoms with Gasteiger partial charge in [0, 0.05) is 26.3 Å². The first kappa shape index (κ1) is 10.0. The zero-order valence-corrected chi connectivity index (χ0v) is 9.27. The van der Waals surface area contributed by atoms with Crippen LogP contribution in [0.5, 0.6) is 0 Å². The molecule has 2 heterocycles. The zero-order valence-electron chi connectivity index (χ0n) is 9.27. The minimum Gasteiger partial charge on any atom is -0.354 e. The number of hydrogen-bond acceptors (Lipinski definition) is 3. The maximum Gasteiger partial charge on any atom is 0.168 e. The van der Waals surface area contributed by atoms with Crippen LogP contribution in [0.15, 0.2) is 6.20 Å². The molecule has 1 aliphatic heterocycles. The molecule has 0 unspecified atom stereocenters. The second kappa shape index (κ2) is 3.93. The normalized spacial score (nSPS) is 17.8. The fraction of sp³-hybridized carbons (Fsp3) is 0.636. The van der Waals surface area contributed by atoms with Gasteiger partial charge in [-0.25, -0.2) is 0 Å². The van der Waals surface area contributed by atoms with E-state index in [0.29, 0.717) is 5.56 Å². The molecule has 0 N–H and O–H groups in total. The number of nitrogens with zero attached hydrogens (tertiary/aromatic N) is 4. The number of piperidine rings is 1. The van der Waals surface area contributed by atoms with E-state index in [0.717, 1.165) is 24.8 Å². The third kappa shape index (κ3) is 1.96. The topological polar surface area (TPSA) is 44.9 Å². The van der Waals surface area contributed by atoms with Crippen LogP contribution in [0.25, 0.3) is 0 Å². The Morgan fingerprint density at radius 3 is 2.73 bits per heavy atom. The molecule has 1 aromatic heterocycles. The number of anilines is 1. The molecule has 0 aliphatic carbocycles. The first-order valence-electron chi connectivity index (χ1n) is 5.39. The third-order valence-electron chi connectivity index (χ3n) is 3.01. The van der Waals surface area contributed by atoms with Gasteiger partial charge in [-0.1, -0.05) is 6.92 Å². The Hall–Kier alpha value is -1.50. The third-order valence-corrected chi connectivity index (χ3v) is 3.01. The standard InChI is InChI=1S/C11H16N4/c1-9-3-5-15(6-4-9)11-10(7-12)8-14(2)13-11/h8-9H,3-6H2,1-2H3. The maximum absolute atomic E-state index is 8.98. The maximum atomic E-state index is 8.98. The molecule has 15 heavy (non-hydrogen) atoms. The SMILES string of the molecule is CC1CCN(c2nn(C)cc2C#N)CC1. The van der Waals surface area contributed by atoms with E-state index < -0.39 is 0 Å². The fourth-order valence-electron chi connectivity index (χ4n) is 2.01. The Balaban J connectivity index is 2.19. The molecule has 80 valence electrons. The molecule has 0 radical (unpaired) electrons. The Morgan fingerprint density at radius 2 is 2.13 bits per heavy atom. The minimum atomic E-state index is 0.687. The lowest BCUT2D eigenvalue weighted by Crippen LogP contribution is -2.33. The van der Waals surface area contributed by atoms with Crippen LogP contribution < -0.4 is 4.90 Å². The van der Waals surface area contributed by atoms with Gasteiger partial charge in [0.15, 0.2) is 5.82 Å². The second-order valence-corrected chi connectivity index (χ2v) is 4.32. The first-order chi connectivity index (χ1) is 7.20. The van der Waals surface area contributed by atoms with E-state index in [2.05, 4.69) is 23.0 Å². The summed E-state index contributed by atoms with van der Waals surface area (Å²) >= 11 is 0. The van der Waals surface area contributed by atoms with Gasteiger partial charge in [0.1, 0.15) is 11.6 Å². The summed E-state index contributed by atoms with van der Waals surface area (Å²) in [5.41, 5.74) is 0.687. The molecule has 0 bridgehead atoms. The molecule has 1 aromatic rings. The van der Waals surface area contributed by atoms with Gasteiger partial charge in [-0.3, -0.25) is 4.68 Å². The van der Waals surface area contributed by atoms with Gasteiger partial charge in [0.05, 0.1) is 0 Å². The van der Waals surface area contributed by atoms with Crippen molar-refractivity contribution < 1.29 is 0 Å². The van der Waals surface area contributed by atoms with Crippen molar-refractivity contribution in [3.8, 4) is 6.07 Å². The monoisotopic (exact) mass is 204 g/mol. The quantitative estimate of drug-likeness (QED) is 0.696. The zero-order chi connectivity index (χ0) is 10.8. The highest BCUT2D eigenvalue weighted by Gasteiger charge is 2.20. The van der Waals surface area contributed by atoms with Crippen LogP contribution >= 0.6 is 0 Å². The van der Waals surface area contributed by atoms with Crippen molar-refractivity contribution in [1.82, 2.24) is 9.78 Å². The molecule has 2 rings (SSSR count). The Bertz CT molecular complexity index is 380. The van der Waals surface area contributed by atoms with Crippen molar-refractivity contribution in [2.45, 2.75) is 19.8 Å². The average molecular weight is 204 g/mol. The van der Waals surface area contributed by atoms with E-state index in [4.69, 9.17) is 5.26 Å². The molecule has 0 spiro atoms. The van der Waals surface area contributed by atoms with Crippen molar-refractivity contribution in [3.05, 3.63) is 11.8 Å². The van der Waals surface area contributed by atoms with Gasteiger partial charge in [-0.05, 0) is 18.8 Å². The molecule has 4 heteroatoms. The number of aryl methyl sites for hydroxylation is 1. The summed E-state index contributed by atoms with van der Waals surface area (Å²) in [5, 5.41) is 13.3. The van der Waals surface area contributed by atoms with Gasteiger partial charge < -0.3 is 4.90 Å². The van der Waals surface area contributed by atoms with Crippen LogP contribution in [0.2, 0.25) is 0 Å². The lowest BCUT2D eigenvalue weighted by molar-refractivity contribution is 0.435. The average Bonchev–Trinajstić information content (AvgIpc) is 2.61. The molecule has 0 amide bonds. The summed E-state index contributed by atoms with van der Waals surface area (Å²) in [4.78, 5) is 2.22. The van der Waals surface area contributed by atoms with Crippen molar-refractivity contribution >= 4 is 5.82 Å². The summed E-state index contributed by atoms with van der Waals surface area (Å²) in [6.45, 7) is 4.32. The molecule has 0 aromatic carbocycles. The Morgan fingerprint density at radius 1 is 1.47 bits per heavy atom. The largest absolute Gasteiger partial charge is 0.354 e. The number of rotatable bonds is 1. The van der Waals surface area contributed by atoms with E-state index in [-0.39, 0.29) is 0 Å². The molecular formula is C11H16N4. The van der Waals surface area contributed by atoms with E-state index in [1.54, 1.807) is 10.9 Å². The molecule has 1 fully saturated rings. The lowest BCUT2D eigenvalue weighted by atomic mass is 9.99. The molecule has 1 saturated heterocycles. The Labute approximate surface area is 90.1 Å². The predicted octanol–water partition coefficient (Wildman–Crippen LogP) is 1.53. The predicted molar refractivity (Wildman–Crippen MR) is 58.5 cm³/mol. The summed E-state index contributed by atoms with van der Waals surface area (Å²) < 4.78 is 1.71. The molecular weight excluding hydrogens is 188 g/mol. The van der Waals surface area contributed by atoms with Crippen molar-refractivity contribution in [3.63, 3.8) is 0 Å². The van der Waals surface area contributed by atoms with Gasteiger partial charge in [-0.2, -0.15) is 10.4 Å². The van der Waals surface area contributed by atoms with Crippen LogP contribution in [0.4, 0.5) is 5.82 Å². The number of nitriles is 1. The van der Waals surface area contributed by atoms with Crippen LogP contribution in [0.3, 0.4) is 0 Å². The van der Waals surface area contributed by atoms with Gasteiger partial charge in [0.25, 0.3) is 0 Å². The van der Waals surface area contributed by atoms with Crippen molar-refractivity contribution in [1.29, 1.82) is 5.26 Å². The Kier molecular flexibility index (Phi) is 2.63. The second-order valence-electron chi connectivity index (χ2n) is 4.32. The highest BCUT2D eigenvalue weighted by Crippen LogP contribution is 2.23. The number of aromatic nitrogens is 2. The van der Waals surface area contributed by atoms with Crippen LogP contribution in [0, 0.1) is 17.2 Å². The highest BCUT2D eigenvalue weighted by molar-refractivity contribution is 5.53. The first-order valence-corrected chi connectivity index (χ1v) is 5.39. The summed E-state index contributed by atoms with van der Waals surface area (Å²) in [7, 11) is 1.86. The number of hydrogen-bond donors (Lipinski definition) is 0. The van der Waals surface area contributed by atoms with Gasteiger partial charge in [-0.15, -0.1) is 0 Å². The summed E-state index contributed by atoms with van der Waals surface area (Å²) in [6, 6.07) is 2.20. The van der Waals surface area contributed by atoms with Crippen LogP contribution in [-0.2, 0) is 7.05 Å².